The average Bonchev–Trinajstić information content (AvgIpc) is 2.34. The van der Waals surface area contributed by atoms with Crippen molar-refractivity contribution >= 4 is 11.6 Å². The van der Waals surface area contributed by atoms with Crippen LogP contribution in [-0.2, 0) is 4.79 Å². The molecule has 1 aromatic carbocycles. The zero-order valence-corrected chi connectivity index (χ0v) is 11.4. The van der Waals surface area contributed by atoms with Gasteiger partial charge < -0.3 is 10.6 Å². The Morgan fingerprint density at radius 2 is 2.17 bits per heavy atom. The van der Waals surface area contributed by atoms with Gasteiger partial charge in [-0.05, 0) is 24.0 Å². The van der Waals surface area contributed by atoms with Crippen molar-refractivity contribution in [2.75, 3.05) is 18.4 Å². The summed E-state index contributed by atoms with van der Waals surface area (Å²) in [4.78, 5) is 11.5. The van der Waals surface area contributed by atoms with Crippen molar-refractivity contribution in [1.82, 2.24) is 5.32 Å². The summed E-state index contributed by atoms with van der Waals surface area (Å²) in [7, 11) is 0. The molecule has 0 aliphatic rings. The summed E-state index contributed by atoms with van der Waals surface area (Å²) in [6.45, 7) is 10.7. The lowest BCUT2D eigenvalue weighted by molar-refractivity contribution is -0.119. The maximum atomic E-state index is 11.5. The van der Waals surface area contributed by atoms with Crippen molar-refractivity contribution in [1.29, 1.82) is 0 Å². The molecule has 0 saturated carbocycles. The van der Waals surface area contributed by atoms with Crippen LogP contribution in [0.15, 0.2) is 30.9 Å². The molecule has 0 heterocycles. The molecule has 1 rings (SSSR count). The van der Waals surface area contributed by atoms with E-state index in [-0.39, 0.29) is 5.91 Å². The molecule has 0 unspecified atom stereocenters. The lowest BCUT2D eigenvalue weighted by Crippen LogP contribution is -2.30. The standard InChI is InChI=1S/C15H22N2O/c1-5-9-16-14(18)10-17-15-12(4)7-6-8-13(15)11(2)3/h5-8,11,17H,1,9-10H2,2-4H3,(H,16,18). The second kappa shape index (κ2) is 6.84. The number of amides is 1. The van der Waals surface area contributed by atoms with Gasteiger partial charge in [0, 0.05) is 12.2 Å². The second-order valence-electron chi connectivity index (χ2n) is 4.64. The number of hydrogen-bond donors (Lipinski definition) is 2. The first-order valence-corrected chi connectivity index (χ1v) is 6.27. The van der Waals surface area contributed by atoms with Crippen molar-refractivity contribution in [3.05, 3.63) is 42.0 Å². The van der Waals surface area contributed by atoms with E-state index in [4.69, 9.17) is 0 Å². The Morgan fingerprint density at radius 1 is 1.44 bits per heavy atom. The Kier molecular flexibility index (Phi) is 5.43. The molecule has 0 aliphatic heterocycles. The fraction of sp³-hybridized carbons (Fsp3) is 0.400. The normalized spacial score (nSPS) is 10.2. The molecule has 1 aromatic rings. The first-order chi connectivity index (χ1) is 8.56. The maximum absolute atomic E-state index is 11.5. The molecule has 0 radical (unpaired) electrons. The van der Waals surface area contributed by atoms with E-state index in [2.05, 4.69) is 50.1 Å². The zero-order valence-electron chi connectivity index (χ0n) is 11.4. The zero-order chi connectivity index (χ0) is 13.5. The molecule has 0 aliphatic carbocycles. The van der Waals surface area contributed by atoms with Gasteiger partial charge in [-0.15, -0.1) is 6.58 Å². The van der Waals surface area contributed by atoms with Gasteiger partial charge in [0.15, 0.2) is 0 Å². The van der Waals surface area contributed by atoms with E-state index in [0.29, 0.717) is 19.0 Å². The highest BCUT2D eigenvalue weighted by atomic mass is 16.1. The fourth-order valence-corrected chi connectivity index (χ4v) is 1.83. The highest BCUT2D eigenvalue weighted by molar-refractivity contribution is 5.81. The minimum atomic E-state index is -0.0205. The van der Waals surface area contributed by atoms with Crippen molar-refractivity contribution < 1.29 is 4.79 Å². The van der Waals surface area contributed by atoms with E-state index < -0.39 is 0 Å². The van der Waals surface area contributed by atoms with Gasteiger partial charge in [0.25, 0.3) is 0 Å². The quantitative estimate of drug-likeness (QED) is 0.758. The van der Waals surface area contributed by atoms with Gasteiger partial charge in [0.1, 0.15) is 0 Å². The smallest absolute Gasteiger partial charge is 0.239 e. The van der Waals surface area contributed by atoms with E-state index in [0.717, 1.165) is 11.3 Å². The Balaban J connectivity index is 2.72. The van der Waals surface area contributed by atoms with Crippen LogP contribution in [0.4, 0.5) is 5.69 Å². The van der Waals surface area contributed by atoms with Crippen molar-refractivity contribution in [2.24, 2.45) is 0 Å². The number of aryl methyl sites for hydroxylation is 1. The molecule has 0 aromatic heterocycles. The van der Waals surface area contributed by atoms with E-state index >= 15 is 0 Å². The topological polar surface area (TPSA) is 41.1 Å². The molecule has 0 spiro atoms. The first-order valence-electron chi connectivity index (χ1n) is 6.27. The van der Waals surface area contributed by atoms with E-state index in [1.165, 1.54) is 5.56 Å². The van der Waals surface area contributed by atoms with Crippen LogP contribution in [0.2, 0.25) is 0 Å². The second-order valence-corrected chi connectivity index (χ2v) is 4.64. The van der Waals surface area contributed by atoms with Gasteiger partial charge in [0.2, 0.25) is 5.91 Å². The van der Waals surface area contributed by atoms with Crippen LogP contribution >= 0.6 is 0 Å². The molecule has 1 amide bonds. The van der Waals surface area contributed by atoms with Crippen molar-refractivity contribution in [3.8, 4) is 0 Å². The largest absolute Gasteiger partial charge is 0.376 e. The van der Waals surface area contributed by atoms with Crippen LogP contribution in [0.25, 0.3) is 0 Å². The lowest BCUT2D eigenvalue weighted by Gasteiger charge is -2.17. The minimum absolute atomic E-state index is 0.0205. The van der Waals surface area contributed by atoms with Gasteiger partial charge in [0.05, 0.1) is 6.54 Å². The molecule has 0 bridgehead atoms. The Hall–Kier alpha value is -1.77. The van der Waals surface area contributed by atoms with E-state index in [9.17, 15) is 4.79 Å². The molecule has 98 valence electrons. The third kappa shape index (κ3) is 3.91. The third-order valence-corrected chi connectivity index (χ3v) is 2.80. The number of para-hydroxylation sites is 1. The number of nitrogens with one attached hydrogen (secondary N) is 2. The van der Waals surface area contributed by atoms with Crippen LogP contribution < -0.4 is 10.6 Å². The monoisotopic (exact) mass is 246 g/mol. The number of anilines is 1. The summed E-state index contributed by atoms with van der Waals surface area (Å²) < 4.78 is 0. The molecule has 3 nitrogen and oxygen atoms in total. The predicted octanol–water partition coefficient (Wildman–Crippen LogP) is 2.83. The maximum Gasteiger partial charge on any atom is 0.239 e. The Morgan fingerprint density at radius 3 is 2.78 bits per heavy atom. The predicted molar refractivity (Wildman–Crippen MR) is 77.0 cm³/mol. The minimum Gasteiger partial charge on any atom is -0.376 e. The van der Waals surface area contributed by atoms with E-state index in [1.54, 1.807) is 6.08 Å². The lowest BCUT2D eigenvalue weighted by atomic mass is 9.98. The number of hydrogen-bond acceptors (Lipinski definition) is 2. The highest BCUT2D eigenvalue weighted by Gasteiger charge is 2.09. The molecule has 3 heteroatoms. The van der Waals surface area contributed by atoms with Crippen LogP contribution in [-0.4, -0.2) is 19.0 Å². The van der Waals surface area contributed by atoms with Gasteiger partial charge >= 0.3 is 0 Å². The number of carbonyl (C=O) groups is 1. The van der Waals surface area contributed by atoms with Gasteiger partial charge in [-0.2, -0.15) is 0 Å². The summed E-state index contributed by atoms with van der Waals surface area (Å²) >= 11 is 0. The fourth-order valence-electron chi connectivity index (χ4n) is 1.83. The summed E-state index contributed by atoms with van der Waals surface area (Å²) in [5.41, 5.74) is 3.48. The summed E-state index contributed by atoms with van der Waals surface area (Å²) in [5.74, 6) is 0.413. The van der Waals surface area contributed by atoms with Crippen LogP contribution in [0.1, 0.15) is 30.9 Å². The van der Waals surface area contributed by atoms with Crippen LogP contribution in [0.3, 0.4) is 0 Å². The highest BCUT2D eigenvalue weighted by Crippen LogP contribution is 2.26. The first kappa shape index (κ1) is 14.3. The van der Waals surface area contributed by atoms with Crippen molar-refractivity contribution in [3.63, 3.8) is 0 Å². The summed E-state index contributed by atoms with van der Waals surface area (Å²) in [5, 5.41) is 5.98. The molecule has 0 atom stereocenters. The van der Waals surface area contributed by atoms with Crippen LogP contribution in [0, 0.1) is 6.92 Å². The summed E-state index contributed by atoms with van der Waals surface area (Å²) in [6.07, 6.45) is 1.67. The van der Waals surface area contributed by atoms with Gasteiger partial charge in [-0.25, -0.2) is 0 Å². The van der Waals surface area contributed by atoms with E-state index in [1.807, 2.05) is 6.07 Å². The summed E-state index contributed by atoms with van der Waals surface area (Å²) in [6, 6.07) is 6.20. The molecular weight excluding hydrogens is 224 g/mol. The van der Waals surface area contributed by atoms with Gasteiger partial charge in [-0.1, -0.05) is 38.1 Å². The molecule has 18 heavy (non-hydrogen) atoms. The number of benzene rings is 1. The Labute approximate surface area is 109 Å². The van der Waals surface area contributed by atoms with Gasteiger partial charge in [-0.3, -0.25) is 4.79 Å². The molecule has 0 fully saturated rings. The van der Waals surface area contributed by atoms with Crippen molar-refractivity contribution in [2.45, 2.75) is 26.7 Å². The number of carbonyl (C=O) groups excluding carboxylic acids is 1. The molecule has 2 N–H and O–H groups in total. The average molecular weight is 246 g/mol. The Bertz CT molecular complexity index is 425. The SMILES string of the molecule is C=CCNC(=O)CNc1c(C)cccc1C(C)C. The molecule has 0 saturated heterocycles. The van der Waals surface area contributed by atoms with Crippen LogP contribution in [0.5, 0.6) is 0 Å². The number of rotatable bonds is 6. The third-order valence-electron chi connectivity index (χ3n) is 2.80. The molecular formula is C15H22N2O.